The molecule has 2 amide bonds. The summed E-state index contributed by atoms with van der Waals surface area (Å²) in [4.78, 5) is 26.0. The highest BCUT2D eigenvalue weighted by molar-refractivity contribution is 7.99. The standard InChI is InChI=1S/C12H15N3O3S/c1-2-4-19-5-3-14-12(18)15-10-6-9(11(16)17)7-13-8-10/h2,6-8H,1,3-5H2,(H,16,17)(H2,14,15,18). The highest BCUT2D eigenvalue weighted by Crippen LogP contribution is 2.08. The van der Waals surface area contributed by atoms with E-state index >= 15 is 0 Å². The molecule has 0 radical (unpaired) electrons. The molecule has 1 aromatic heterocycles. The Hall–Kier alpha value is -2.02. The van der Waals surface area contributed by atoms with E-state index in [1.807, 2.05) is 0 Å². The van der Waals surface area contributed by atoms with Crippen LogP contribution in [0.25, 0.3) is 0 Å². The molecule has 19 heavy (non-hydrogen) atoms. The van der Waals surface area contributed by atoms with Crippen molar-refractivity contribution >= 4 is 29.4 Å². The van der Waals surface area contributed by atoms with Crippen molar-refractivity contribution in [3.05, 3.63) is 36.7 Å². The number of aromatic nitrogens is 1. The number of amides is 2. The summed E-state index contributed by atoms with van der Waals surface area (Å²) in [6, 6.07) is 0.963. The minimum absolute atomic E-state index is 0.0272. The van der Waals surface area contributed by atoms with E-state index in [1.165, 1.54) is 18.5 Å². The zero-order chi connectivity index (χ0) is 14.1. The zero-order valence-corrected chi connectivity index (χ0v) is 11.1. The third kappa shape index (κ3) is 5.91. The number of aromatic carboxylic acids is 1. The number of carbonyl (C=O) groups is 2. The van der Waals surface area contributed by atoms with E-state index in [2.05, 4.69) is 22.2 Å². The molecule has 0 saturated heterocycles. The minimum atomic E-state index is -1.09. The maximum absolute atomic E-state index is 11.5. The van der Waals surface area contributed by atoms with Crippen molar-refractivity contribution in [1.82, 2.24) is 10.3 Å². The lowest BCUT2D eigenvalue weighted by Gasteiger charge is -2.07. The largest absolute Gasteiger partial charge is 0.478 e. The van der Waals surface area contributed by atoms with Crippen LogP contribution in [-0.4, -0.2) is 40.1 Å². The second kappa shape index (κ2) is 8.15. The molecule has 0 atom stereocenters. The molecular formula is C12H15N3O3S. The van der Waals surface area contributed by atoms with E-state index in [9.17, 15) is 9.59 Å². The summed E-state index contributed by atoms with van der Waals surface area (Å²) in [7, 11) is 0. The van der Waals surface area contributed by atoms with Crippen LogP contribution in [-0.2, 0) is 0 Å². The van der Waals surface area contributed by atoms with Crippen LogP contribution in [0.3, 0.4) is 0 Å². The van der Waals surface area contributed by atoms with Crippen LogP contribution in [0, 0.1) is 0 Å². The average molecular weight is 281 g/mol. The fraction of sp³-hybridized carbons (Fsp3) is 0.250. The molecule has 0 unspecified atom stereocenters. The van der Waals surface area contributed by atoms with Gasteiger partial charge >= 0.3 is 12.0 Å². The summed E-state index contributed by atoms with van der Waals surface area (Å²) < 4.78 is 0. The Morgan fingerprint density at radius 1 is 1.47 bits per heavy atom. The normalized spacial score (nSPS) is 9.68. The van der Waals surface area contributed by atoms with Gasteiger partial charge in [-0.25, -0.2) is 9.59 Å². The fourth-order valence-electron chi connectivity index (χ4n) is 1.20. The van der Waals surface area contributed by atoms with Crippen LogP contribution in [0.2, 0.25) is 0 Å². The number of anilines is 1. The molecule has 0 aliphatic rings. The number of rotatable bonds is 7. The van der Waals surface area contributed by atoms with Crippen LogP contribution >= 0.6 is 11.8 Å². The maximum Gasteiger partial charge on any atom is 0.337 e. The molecule has 1 rings (SSSR count). The number of carbonyl (C=O) groups excluding carboxylic acids is 1. The summed E-state index contributed by atoms with van der Waals surface area (Å²) in [5.74, 6) is 0.540. The number of carboxylic acid groups (broad SMARTS) is 1. The molecule has 0 aliphatic heterocycles. The molecule has 0 bridgehead atoms. The quantitative estimate of drug-likeness (QED) is 0.524. The lowest BCUT2D eigenvalue weighted by molar-refractivity contribution is 0.0696. The Bertz CT molecular complexity index is 465. The summed E-state index contributed by atoms with van der Waals surface area (Å²) in [6.07, 6.45) is 4.41. The Balaban J connectivity index is 2.37. The van der Waals surface area contributed by atoms with Crippen LogP contribution < -0.4 is 10.6 Å². The van der Waals surface area contributed by atoms with Crippen molar-refractivity contribution < 1.29 is 14.7 Å². The van der Waals surface area contributed by atoms with E-state index in [0.717, 1.165) is 11.5 Å². The molecule has 0 fully saturated rings. The van der Waals surface area contributed by atoms with E-state index in [0.29, 0.717) is 12.2 Å². The van der Waals surface area contributed by atoms with Gasteiger partial charge in [0.2, 0.25) is 0 Å². The molecule has 0 spiro atoms. The number of urea groups is 1. The number of nitrogens with one attached hydrogen (secondary N) is 2. The van der Waals surface area contributed by atoms with Gasteiger partial charge in [0.25, 0.3) is 0 Å². The van der Waals surface area contributed by atoms with Gasteiger partial charge in [0.05, 0.1) is 17.4 Å². The molecule has 6 nitrogen and oxygen atoms in total. The van der Waals surface area contributed by atoms with Crippen molar-refractivity contribution in [2.45, 2.75) is 0 Å². The van der Waals surface area contributed by atoms with Gasteiger partial charge in [-0.2, -0.15) is 11.8 Å². The third-order valence-corrected chi connectivity index (χ3v) is 2.97. The van der Waals surface area contributed by atoms with Crippen molar-refractivity contribution in [3.8, 4) is 0 Å². The first-order valence-electron chi connectivity index (χ1n) is 5.55. The van der Waals surface area contributed by atoms with E-state index in [4.69, 9.17) is 5.11 Å². The monoisotopic (exact) mass is 281 g/mol. The first-order chi connectivity index (χ1) is 9.13. The molecule has 1 heterocycles. The molecule has 0 aliphatic carbocycles. The van der Waals surface area contributed by atoms with E-state index in [-0.39, 0.29) is 11.6 Å². The molecule has 102 valence electrons. The SMILES string of the molecule is C=CCSCCNC(=O)Nc1cncc(C(=O)O)c1. The number of hydrogen-bond donors (Lipinski definition) is 3. The van der Waals surface area contributed by atoms with Crippen molar-refractivity contribution in [1.29, 1.82) is 0 Å². The lowest BCUT2D eigenvalue weighted by atomic mass is 10.3. The lowest BCUT2D eigenvalue weighted by Crippen LogP contribution is -2.30. The van der Waals surface area contributed by atoms with Crippen LogP contribution in [0.15, 0.2) is 31.1 Å². The van der Waals surface area contributed by atoms with Gasteiger partial charge in [0.1, 0.15) is 0 Å². The van der Waals surface area contributed by atoms with Gasteiger partial charge in [-0.05, 0) is 6.07 Å². The van der Waals surface area contributed by atoms with Gasteiger partial charge in [-0.15, -0.1) is 6.58 Å². The van der Waals surface area contributed by atoms with Crippen LogP contribution in [0.5, 0.6) is 0 Å². The number of nitrogens with zero attached hydrogens (tertiary/aromatic N) is 1. The molecule has 0 aromatic carbocycles. The summed E-state index contributed by atoms with van der Waals surface area (Å²) in [5, 5.41) is 14.0. The van der Waals surface area contributed by atoms with Gasteiger partial charge < -0.3 is 15.7 Å². The van der Waals surface area contributed by atoms with E-state index in [1.54, 1.807) is 17.8 Å². The second-order valence-corrected chi connectivity index (χ2v) is 4.66. The van der Waals surface area contributed by atoms with Crippen molar-refractivity contribution in [2.75, 3.05) is 23.4 Å². The van der Waals surface area contributed by atoms with Crippen LogP contribution in [0.4, 0.5) is 10.5 Å². The summed E-state index contributed by atoms with van der Waals surface area (Å²) >= 11 is 1.66. The number of pyridine rings is 1. The third-order valence-electron chi connectivity index (χ3n) is 2.01. The summed E-state index contributed by atoms with van der Waals surface area (Å²) in [6.45, 7) is 4.12. The first kappa shape index (κ1) is 15.0. The van der Waals surface area contributed by atoms with Crippen LogP contribution in [0.1, 0.15) is 10.4 Å². The molecule has 1 aromatic rings. The van der Waals surface area contributed by atoms with Crippen molar-refractivity contribution in [3.63, 3.8) is 0 Å². The second-order valence-electron chi connectivity index (χ2n) is 3.51. The smallest absolute Gasteiger partial charge is 0.337 e. The topological polar surface area (TPSA) is 91.3 Å². The van der Waals surface area contributed by atoms with Gasteiger partial charge in [-0.1, -0.05) is 6.08 Å². The summed E-state index contributed by atoms with van der Waals surface area (Å²) in [5.41, 5.74) is 0.371. The maximum atomic E-state index is 11.5. The molecular weight excluding hydrogens is 266 g/mol. The molecule has 0 saturated carbocycles. The van der Waals surface area contributed by atoms with E-state index < -0.39 is 5.97 Å². The first-order valence-corrected chi connectivity index (χ1v) is 6.71. The van der Waals surface area contributed by atoms with Crippen molar-refractivity contribution in [2.24, 2.45) is 0 Å². The predicted molar refractivity (Wildman–Crippen MR) is 75.7 cm³/mol. The highest BCUT2D eigenvalue weighted by atomic mass is 32.2. The number of thioether (sulfide) groups is 1. The Morgan fingerprint density at radius 3 is 2.95 bits per heavy atom. The highest BCUT2D eigenvalue weighted by Gasteiger charge is 2.06. The Kier molecular flexibility index (Phi) is 6.45. The number of hydrogen-bond acceptors (Lipinski definition) is 4. The number of carboxylic acids is 1. The predicted octanol–water partition coefficient (Wildman–Crippen LogP) is 1.82. The Labute approximate surface area is 115 Å². The average Bonchev–Trinajstić information content (AvgIpc) is 2.38. The molecule has 7 heteroatoms. The Morgan fingerprint density at radius 2 is 2.26 bits per heavy atom. The molecule has 3 N–H and O–H groups in total. The minimum Gasteiger partial charge on any atom is -0.478 e. The van der Waals surface area contributed by atoms with Gasteiger partial charge in [0, 0.05) is 24.2 Å². The van der Waals surface area contributed by atoms with Gasteiger partial charge in [-0.3, -0.25) is 4.98 Å². The van der Waals surface area contributed by atoms with Gasteiger partial charge in [0.15, 0.2) is 0 Å². The fourth-order valence-corrected chi connectivity index (χ4v) is 1.78. The zero-order valence-electron chi connectivity index (χ0n) is 10.3.